The van der Waals surface area contributed by atoms with Gasteiger partial charge in [-0.2, -0.15) is 0 Å². The number of rotatable bonds is 9. The molecule has 2 bridgehead atoms. The molecule has 4 heterocycles. The van der Waals surface area contributed by atoms with Crippen molar-refractivity contribution in [2.45, 2.75) is 210 Å². The number of hydrogen-bond donors (Lipinski definition) is 10. The molecule has 0 aromatic heterocycles. The molecule has 4 saturated heterocycles. The summed E-state index contributed by atoms with van der Waals surface area (Å²) in [4.78, 5) is 26.1. The highest BCUT2D eigenvalue weighted by atomic mass is 16.8. The van der Waals surface area contributed by atoms with Crippen LogP contribution in [0.4, 0.5) is 0 Å². The fourth-order valence-electron chi connectivity index (χ4n) is 16.4. The summed E-state index contributed by atoms with van der Waals surface area (Å²) < 4.78 is 42.0. The molecule has 1 spiro atoms. The quantitative estimate of drug-likeness (QED) is 0.107. The van der Waals surface area contributed by atoms with E-state index in [2.05, 4.69) is 34.6 Å². The Hall–Kier alpha value is -1.66. The number of carboxylic acid groups (broad SMARTS) is 1. The van der Waals surface area contributed by atoms with E-state index in [-0.39, 0.29) is 52.0 Å². The largest absolute Gasteiger partial charge is 0.479 e. The van der Waals surface area contributed by atoms with Crippen LogP contribution in [0, 0.1) is 56.7 Å². The normalized spacial score (nSPS) is 55.5. The lowest BCUT2D eigenvalue weighted by Crippen LogP contribution is -2.69. The summed E-state index contributed by atoms with van der Waals surface area (Å²) in [5.41, 5.74) is -2.45. The molecule has 5 aliphatic carbocycles. The predicted octanol–water partition coefficient (Wildman–Crippen LogP) is -0.0610. The highest BCUT2D eigenvalue weighted by Gasteiger charge is 2.77. The van der Waals surface area contributed by atoms with Crippen LogP contribution in [0.5, 0.6) is 0 Å². The zero-order valence-corrected chi connectivity index (χ0v) is 39.0. The van der Waals surface area contributed by atoms with Gasteiger partial charge in [-0.25, -0.2) is 4.79 Å². The van der Waals surface area contributed by atoms with E-state index in [9.17, 15) is 60.7 Å². The van der Waals surface area contributed by atoms with Crippen molar-refractivity contribution in [2.24, 2.45) is 56.7 Å². The Bertz CT molecular complexity index is 1840. The van der Waals surface area contributed by atoms with Crippen molar-refractivity contribution in [3.63, 3.8) is 0 Å². The van der Waals surface area contributed by atoms with Gasteiger partial charge in [-0.15, -0.1) is 0 Å². The standard InChI is InChI=1S/C47H74O19/c1-42(2)23-10-13-46(7)24(9-8-19-26-27(43(3,4)59)21-16-47(26,41(58)62-21)15-14-45(19,46)6)44(23,5)12-11-25(42)63-40-36(32(54)31(53)34(64-40)37(56)57)66-39-35(30(52)29(51)22(17-48)61-39)65-38-33(55)28(50)20(49)18-60-38/h19-36,38-40,48-55,59H,8-18H2,1-7H3,(H,56,57)/t19-,20-,21+,22-,23+,24-,25+,26+,27-,28+,29-,30+,31+,32+,33-,34+,35-,36-,38+,39+,40-,44+,45-,46-,47-/m1/s1. The molecule has 66 heavy (non-hydrogen) atoms. The number of fused-ring (bicyclic) bond motifs is 7. The van der Waals surface area contributed by atoms with Crippen molar-refractivity contribution >= 4 is 11.9 Å². The van der Waals surface area contributed by atoms with Gasteiger partial charge in [-0.05, 0) is 111 Å². The highest BCUT2D eigenvalue weighted by Crippen LogP contribution is 2.79. The first-order chi connectivity index (χ1) is 30.8. The van der Waals surface area contributed by atoms with Crippen LogP contribution in [-0.2, 0) is 42.7 Å². The molecule has 0 aromatic rings. The van der Waals surface area contributed by atoms with Gasteiger partial charge >= 0.3 is 11.9 Å². The predicted molar refractivity (Wildman–Crippen MR) is 224 cm³/mol. The lowest BCUT2D eigenvalue weighted by molar-refractivity contribution is -0.392. The molecule has 0 aromatic carbocycles. The summed E-state index contributed by atoms with van der Waals surface area (Å²) in [7, 11) is 0. The Labute approximate surface area is 385 Å². The summed E-state index contributed by atoms with van der Waals surface area (Å²) in [6, 6.07) is 0. The van der Waals surface area contributed by atoms with Gasteiger partial charge in [0.1, 0.15) is 67.1 Å². The zero-order valence-electron chi connectivity index (χ0n) is 39.0. The second-order valence-electron chi connectivity index (χ2n) is 23.6. The lowest BCUT2D eigenvalue weighted by Gasteiger charge is -2.73. The molecule has 0 unspecified atom stereocenters. The van der Waals surface area contributed by atoms with Crippen molar-refractivity contribution in [3.8, 4) is 0 Å². The van der Waals surface area contributed by atoms with Crippen LogP contribution in [0.3, 0.4) is 0 Å². The molecular weight excluding hydrogens is 868 g/mol. The third kappa shape index (κ3) is 7.13. The fourth-order valence-corrected chi connectivity index (χ4v) is 16.4. The van der Waals surface area contributed by atoms with Crippen molar-refractivity contribution in [1.82, 2.24) is 0 Å². The lowest BCUT2D eigenvalue weighted by atomic mass is 9.32. The minimum Gasteiger partial charge on any atom is -0.479 e. The van der Waals surface area contributed by atoms with E-state index in [1.54, 1.807) is 0 Å². The van der Waals surface area contributed by atoms with Crippen molar-refractivity contribution < 1.29 is 93.8 Å². The number of carbonyl (C=O) groups is 2. The Balaban J connectivity index is 0.971. The first-order valence-electron chi connectivity index (χ1n) is 24.2. The van der Waals surface area contributed by atoms with E-state index >= 15 is 0 Å². The fraction of sp³-hybridized carbons (Fsp3) is 0.957. The highest BCUT2D eigenvalue weighted by molar-refractivity contribution is 5.81. The summed E-state index contributed by atoms with van der Waals surface area (Å²) in [5, 5.41) is 108. The Morgan fingerprint density at radius 3 is 2.03 bits per heavy atom. The van der Waals surface area contributed by atoms with E-state index in [1.165, 1.54) is 0 Å². The smallest absolute Gasteiger partial charge is 0.335 e. The van der Waals surface area contributed by atoms with Gasteiger partial charge in [0.2, 0.25) is 0 Å². The average Bonchev–Trinajstić information content (AvgIpc) is 3.76. The van der Waals surface area contributed by atoms with Crippen molar-refractivity contribution in [1.29, 1.82) is 0 Å². The number of hydrogen-bond acceptors (Lipinski definition) is 18. The third-order valence-electron chi connectivity index (χ3n) is 19.8. The molecule has 9 rings (SSSR count). The average molecular weight is 943 g/mol. The van der Waals surface area contributed by atoms with Crippen LogP contribution < -0.4 is 0 Å². The minimum absolute atomic E-state index is 0.0401. The Morgan fingerprint density at radius 2 is 1.38 bits per heavy atom. The molecule has 19 heteroatoms. The number of aliphatic carboxylic acids is 1. The molecule has 10 N–H and O–H groups in total. The van der Waals surface area contributed by atoms with Crippen molar-refractivity contribution in [3.05, 3.63) is 0 Å². The van der Waals surface area contributed by atoms with Crippen LogP contribution in [0.2, 0.25) is 0 Å². The number of ether oxygens (including phenoxy) is 7. The van der Waals surface area contributed by atoms with E-state index < -0.39 is 128 Å². The second-order valence-corrected chi connectivity index (χ2v) is 23.6. The number of carbonyl (C=O) groups excluding carboxylic acids is 1. The van der Waals surface area contributed by atoms with E-state index in [4.69, 9.17) is 33.2 Å². The minimum atomic E-state index is -2.03. The van der Waals surface area contributed by atoms with E-state index in [1.807, 2.05) is 13.8 Å². The van der Waals surface area contributed by atoms with Gasteiger partial charge in [0.25, 0.3) is 0 Å². The van der Waals surface area contributed by atoms with Gasteiger partial charge in [-0.3, -0.25) is 4.79 Å². The molecular formula is C47H74O19. The van der Waals surface area contributed by atoms with Gasteiger partial charge in [0.05, 0.1) is 30.3 Å². The second kappa shape index (κ2) is 16.7. The van der Waals surface area contributed by atoms with Crippen LogP contribution in [0.15, 0.2) is 0 Å². The van der Waals surface area contributed by atoms with Gasteiger partial charge in [0.15, 0.2) is 25.0 Å². The number of esters is 1. The zero-order chi connectivity index (χ0) is 48.0. The van der Waals surface area contributed by atoms with Crippen LogP contribution in [-0.4, -0.2) is 180 Å². The number of carboxylic acids is 1. The van der Waals surface area contributed by atoms with Gasteiger partial charge in [-0.1, -0.05) is 34.6 Å². The first kappa shape index (κ1) is 49.3. The summed E-state index contributed by atoms with van der Waals surface area (Å²) in [6.07, 6.45) is -18.2. The Morgan fingerprint density at radius 1 is 0.727 bits per heavy atom. The topological polar surface area (TPSA) is 301 Å². The Kier molecular flexibility index (Phi) is 12.5. The molecule has 0 amide bonds. The summed E-state index contributed by atoms with van der Waals surface area (Å²) in [6.45, 7) is 14.0. The summed E-state index contributed by atoms with van der Waals surface area (Å²) in [5.74, 6) is -1.07. The molecule has 0 radical (unpaired) electrons. The van der Waals surface area contributed by atoms with Crippen LogP contribution >= 0.6 is 0 Å². The number of aliphatic hydroxyl groups is 9. The van der Waals surface area contributed by atoms with E-state index in [0.717, 1.165) is 44.9 Å². The third-order valence-corrected chi connectivity index (χ3v) is 19.8. The van der Waals surface area contributed by atoms with Crippen LogP contribution in [0.25, 0.3) is 0 Å². The monoisotopic (exact) mass is 942 g/mol. The number of aliphatic hydroxyl groups excluding tert-OH is 8. The maximum Gasteiger partial charge on any atom is 0.335 e. The van der Waals surface area contributed by atoms with Gasteiger partial charge in [0, 0.05) is 12.3 Å². The van der Waals surface area contributed by atoms with E-state index in [0.29, 0.717) is 18.8 Å². The van der Waals surface area contributed by atoms with Crippen molar-refractivity contribution in [2.75, 3.05) is 13.2 Å². The molecule has 9 aliphatic rings. The molecule has 25 atom stereocenters. The first-order valence-corrected chi connectivity index (χ1v) is 24.2. The maximum atomic E-state index is 13.6. The molecule has 4 aliphatic heterocycles. The SMILES string of the molecule is CC(C)(O)[C@H]1[C@@H]2[C@H]3CC[C@@H]4[C@@]5(C)CC[C@H](O[C@@H]6O[C@H](C(=O)O)[C@@H](O)[C@H](O)[C@H]6O[C@@H]6O[C@H](CO)[C@@H](O)[C@H](O)[C@H]6O[C@@H]6OC[C@@H](O)[C@H](O)[C@H]6O)C(C)(C)[C@@H]5CC[C@@]4(C)[C@]3(C)CC[C@@]23C[C@@H]1OC3=O. The van der Waals surface area contributed by atoms with Crippen LogP contribution in [0.1, 0.15) is 106 Å². The molecule has 19 nitrogen and oxygen atoms in total. The maximum absolute atomic E-state index is 13.6. The molecule has 9 fully saturated rings. The molecule has 5 saturated carbocycles. The van der Waals surface area contributed by atoms with Gasteiger partial charge < -0.3 is 84.2 Å². The summed E-state index contributed by atoms with van der Waals surface area (Å²) >= 11 is 0. The molecule has 376 valence electrons.